The summed E-state index contributed by atoms with van der Waals surface area (Å²) in [7, 11) is 2.50. The van der Waals surface area contributed by atoms with E-state index in [0.29, 0.717) is 0 Å². The summed E-state index contributed by atoms with van der Waals surface area (Å²) in [5, 5.41) is 37.2. The third-order valence-electron chi connectivity index (χ3n) is 5.35. The zero-order valence-corrected chi connectivity index (χ0v) is 19.1. The van der Waals surface area contributed by atoms with Crippen molar-refractivity contribution in [3.05, 3.63) is 0 Å². The average Bonchev–Trinajstić information content (AvgIpc) is 2.77. The summed E-state index contributed by atoms with van der Waals surface area (Å²) >= 11 is -0.0811. The van der Waals surface area contributed by atoms with Crippen LogP contribution in [0.25, 0.3) is 0 Å². The third kappa shape index (κ3) is 6.93. The van der Waals surface area contributed by atoms with E-state index in [4.69, 9.17) is 33.1 Å². The van der Waals surface area contributed by atoms with Gasteiger partial charge < -0.3 is 48.9 Å². The molecule has 0 radical (unpaired) electrons. The number of ether oxygens (including phenoxy) is 5. The van der Waals surface area contributed by atoms with Gasteiger partial charge in [0.2, 0.25) is 5.91 Å². The maximum absolute atomic E-state index is 11.8. The minimum Gasteiger partial charge on any atom is -0.479 e. The molecule has 2 rings (SSSR count). The highest BCUT2D eigenvalue weighted by Gasteiger charge is 2.52. The van der Waals surface area contributed by atoms with Crippen molar-refractivity contribution in [2.45, 2.75) is 69.1 Å². The van der Waals surface area contributed by atoms with Gasteiger partial charge in [-0.3, -0.25) is 4.79 Å². The normalized spacial score (nSPS) is 39.2. The zero-order valence-electron chi connectivity index (χ0n) is 18.3. The Morgan fingerprint density at radius 1 is 1.06 bits per heavy atom. The molecule has 192 valence electrons. The lowest BCUT2D eigenvalue weighted by molar-refractivity contribution is -0.471. The third-order valence-corrected chi connectivity index (χ3v) is 5.47. The molecule has 2 heterocycles. The Labute approximate surface area is 193 Å². The lowest BCUT2D eigenvalue weighted by atomic mass is 9.88. The Kier molecular flexibility index (Phi) is 11.1. The standard InChI is InChI=1S/C17H29NO14S/c1-6-8(5-27-31-32-33-24)28-16(26-4)9(18-7(2)19)12(6)29-17-11(21)10(20)13(25-3)14(30-17)15(22)23/h6,8-14,16-17,20-21,24H,5H2,1-4H3,(H,18,19)(H,22,23)/t6-,8?,9?,10+,11?,12-,13+,14?,16+,17+/m0/s1. The van der Waals surface area contributed by atoms with Crippen LogP contribution in [0.1, 0.15) is 13.8 Å². The molecule has 1 amide bonds. The fourth-order valence-electron chi connectivity index (χ4n) is 3.75. The van der Waals surface area contributed by atoms with Crippen molar-refractivity contribution in [3.8, 4) is 0 Å². The SMILES string of the molecule is CO[C@@H]1OC(COOOSO)[C@H](C)[C@H](O[C@@H]2OC(C(=O)O)[C@H](OC)[C@H](O)C2O)C1NC(C)=O. The second kappa shape index (κ2) is 13.1. The molecule has 0 aromatic heterocycles. The molecule has 2 fully saturated rings. The smallest absolute Gasteiger partial charge is 0.335 e. The monoisotopic (exact) mass is 503 g/mol. The number of carbonyl (C=O) groups is 2. The van der Waals surface area contributed by atoms with Gasteiger partial charge >= 0.3 is 5.97 Å². The Morgan fingerprint density at radius 2 is 1.76 bits per heavy atom. The van der Waals surface area contributed by atoms with Crippen LogP contribution in [-0.2, 0) is 47.5 Å². The van der Waals surface area contributed by atoms with E-state index in [1.54, 1.807) is 6.92 Å². The molecule has 0 aliphatic carbocycles. The maximum atomic E-state index is 11.8. The van der Waals surface area contributed by atoms with Crippen molar-refractivity contribution >= 4 is 24.2 Å². The number of nitrogens with one attached hydrogen (secondary N) is 1. The van der Waals surface area contributed by atoms with Gasteiger partial charge in [0, 0.05) is 27.1 Å². The Morgan fingerprint density at radius 3 is 2.30 bits per heavy atom. The van der Waals surface area contributed by atoms with E-state index in [9.17, 15) is 24.9 Å². The molecule has 0 aromatic rings. The Balaban J connectivity index is 2.26. The van der Waals surface area contributed by atoms with Crippen LogP contribution in [0, 0.1) is 5.92 Å². The van der Waals surface area contributed by atoms with Crippen LogP contribution >= 0.6 is 12.3 Å². The van der Waals surface area contributed by atoms with Gasteiger partial charge in [-0.2, -0.15) is 0 Å². The minimum absolute atomic E-state index is 0.0811. The van der Waals surface area contributed by atoms with E-state index in [-0.39, 0.29) is 18.9 Å². The van der Waals surface area contributed by atoms with Crippen LogP contribution in [0.2, 0.25) is 0 Å². The number of methoxy groups -OCH3 is 2. The summed E-state index contributed by atoms with van der Waals surface area (Å²) in [5.41, 5.74) is 0. The molecule has 16 heteroatoms. The molecule has 15 nitrogen and oxygen atoms in total. The van der Waals surface area contributed by atoms with E-state index in [0.717, 1.165) is 0 Å². The molecule has 2 aliphatic heterocycles. The molecule has 2 saturated heterocycles. The van der Waals surface area contributed by atoms with E-state index >= 15 is 0 Å². The van der Waals surface area contributed by atoms with Gasteiger partial charge in [0.15, 0.2) is 31.0 Å². The predicted octanol–water partition coefficient (Wildman–Crippen LogP) is -1.57. The molecule has 5 N–H and O–H groups in total. The topological polar surface area (TPSA) is 201 Å². The fraction of sp³-hybridized carbons (Fsp3) is 0.882. The summed E-state index contributed by atoms with van der Waals surface area (Å²) in [6.07, 6.45) is -10.7. The first-order chi connectivity index (χ1) is 15.7. The molecule has 0 saturated carbocycles. The summed E-state index contributed by atoms with van der Waals surface area (Å²) in [4.78, 5) is 28.2. The molecule has 0 spiro atoms. The zero-order chi connectivity index (χ0) is 24.7. The van der Waals surface area contributed by atoms with Gasteiger partial charge in [0.05, 0.1) is 12.2 Å². The number of aliphatic hydroxyl groups excluding tert-OH is 2. The fourth-order valence-corrected chi connectivity index (χ4v) is 3.82. The van der Waals surface area contributed by atoms with E-state index in [1.807, 2.05) is 0 Å². The molecule has 0 bridgehead atoms. The van der Waals surface area contributed by atoms with Crippen molar-refractivity contribution in [2.24, 2.45) is 5.92 Å². The Bertz CT molecular complexity index is 643. The predicted molar refractivity (Wildman–Crippen MR) is 105 cm³/mol. The van der Waals surface area contributed by atoms with Crippen molar-refractivity contribution < 1.29 is 67.4 Å². The van der Waals surface area contributed by atoms with Gasteiger partial charge in [-0.25, -0.2) is 9.68 Å². The molecule has 10 atom stereocenters. The summed E-state index contributed by atoms with van der Waals surface area (Å²) in [6, 6.07) is -0.916. The first-order valence-corrected chi connectivity index (χ1v) is 10.5. The Hall–Kier alpha value is -1.15. The lowest BCUT2D eigenvalue weighted by Gasteiger charge is -2.48. The molecule has 4 unspecified atom stereocenters. The number of rotatable bonds is 11. The maximum Gasteiger partial charge on any atom is 0.335 e. The summed E-state index contributed by atoms with van der Waals surface area (Å²) in [5.74, 6) is -2.46. The highest BCUT2D eigenvalue weighted by atomic mass is 32.2. The second-order valence-electron chi connectivity index (χ2n) is 7.40. The van der Waals surface area contributed by atoms with Crippen LogP contribution in [0.15, 0.2) is 0 Å². The number of aliphatic carboxylic acids is 1. The molecular weight excluding hydrogens is 474 g/mol. The number of carboxylic acid groups (broad SMARTS) is 1. The lowest BCUT2D eigenvalue weighted by Crippen LogP contribution is -2.66. The minimum atomic E-state index is -1.67. The van der Waals surface area contributed by atoms with Crippen molar-refractivity contribution in [1.82, 2.24) is 5.32 Å². The number of amides is 1. The first-order valence-electron chi connectivity index (χ1n) is 9.80. The van der Waals surface area contributed by atoms with Crippen LogP contribution in [0.5, 0.6) is 0 Å². The van der Waals surface area contributed by atoms with Crippen molar-refractivity contribution in [1.29, 1.82) is 0 Å². The average molecular weight is 503 g/mol. The molecule has 0 aromatic carbocycles. The van der Waals surface area contributed by atoms with Crippen LogP contribution in [0.3, 0.4) is 0 Å². The molecular formula is C17H29NO14S. The van der Waals surface area contributed by atoms with Gasteiger partial charge in [-0.1, -0.05) is 12.0 Å². The summed E-state index contributed by atoms with van der Waals surface area (Å²) < 4.78 is 40.0. The van der Waals surface area contributed by atoms with Gasteiger partial charge in [0.25, 0.3) is 0 Å². The number of carbonyl (C=O) groups excluding carboxylic acids is 1. The number of carboxylic acids is 1. The van der Waals surface area contributed by atoms with E-state index in [1.165, 1.54) is 21.1 Å². The number of hydrogen-bond donors (Lipinski definition) is 5. The van der Waals surface area contributed by atoms with E-state index in [2.05, 4.69) is 14.7 Å². The van der Waals surface area contributed by atoms with Crippen LogP contribution in [0.4, 0.5) is 0 Å². The highest BCUT2D eigenvalue weighted by molar-refractivity contribution is 7.88. The van der Waals surface area contributed by atoms with Gasteiger partial charge in [0.1, 0.15) is 31.0 Å². The molecule has 2 aliphatic rings. The second-order valence-corrected chi connectivity index (χ2v) is 7.69. The number of hydrogen-bond acceptors (Lipinski definition) is 14. The van der Waals surface area contributed by atoms with Crippen molar-refractivity contribution in [2.75, 3.05) is 20.8 Å². The van der Waals surface area contributed by atoms with Crippen LogP contribution in [-0.4, -0.2) is 108 Å². The van der Waals surface area contributed by atoms with Crippen molar-refractivity contribution in [3.63, 3.8) is 0 Å². The number of aliphatic hydroxyl groups is 2. The summed E-state index contributed by atoms with van der Waals surface area (Å²) in [6.45, 7) is 2.70. The largest absolute Gasteiger partial charge is 0.479 e. The van der Waals surface area contributed by atoms with Gasteiger partial charge in [-0.15, -0.1) is 4.33 Å². The first kappa shape index (κ1) is 28.1. The van der Waals surface area contributed by atoms with Gasteiger partial charge in [-0.05, 0) is 0 Å². The highest BCUT2D eigenvalue weighted by Crippen LogP contribution is 2.33. The molecule has 33 heavy (non-hydrogen) atoms. The van der Waals surface area contributed by atoms with Crippen LogP contribution < -0.4 is 5.32 Å². The quantitative estimate of drug-likeness (QED) is 0.0936. The van der Waals surface area contributed by atoms with E-state index < -0.39 is 73.0 Å².